The number of likely N-dealkylation sites (N-methyl/N-ethyl adjacent to an activating group) is 1. The third-order valence-corrected chi connectivity index (χ3v) is 3.48. The van der Waals surface area contributed by atoms with Crippen molar-refractivity contribution in [1.29, 1.82) is 0 Å². The Hall–Kier alpha value is -1.06. The van der Waals surface area contributed by atoms with E-state index in [-0.39, 0.29) is 0 Å². The first-order valence-corrected chi connectivity index (χ1v) is 6.27. The third kappa shape index (κ3) is 2.99. The van der Waals surface area contributed by atoms with E-state index in [1.54, 1.807) is 0 Å². The molecule has 1 saturated heterocycles. The van der Waals surface area contributed by atoms with Gasteiger partial charge in [0, 0.05) is 31.9 Å². The van der Waals surface area contributed by atoms with Crippen LogP contribution in [0.25, 0.3) is 0 Å². The van der Waals surface area contributed by atoms with Gasteiger partial charge in [-0.1, -0.05) is 12.1 Å². The van der Waals surface area contributed by atoms with Crippen molar-refractivity contribution in [2.24, 2.45) is 0 Å². The Morgan fingerprint density at radius 2 is 2.24 bits per heavy atom. The first kappa shape index (κ1) is 12.4. The van der Waals surface area contributed by atoms with Gasteiger partial charge in [-0.3, -0.25) is 0 Å². The lowest BCUT2D eigenvalue weighted by Gasteiger charge is -2.30. The molecule has 17 heavy (non-hydrogen) atoms. The molecule has 94 valence electrons. The molecular weight excluding hydrogens is 212 g/mol. The molecule has 3 heteroatoms. The fraction of sp³-hybridized carbons (Fsp3) is 0.571. The molecule has 2 rings (SSSR count). The number of morpholine rings is 1. The van der Waals surface area contributed by atoms with Gasteiger partial charge in [0.25, 0.3) is 0 Å². The monoisotopic (exact) mass is 234 g/mol. The molecule has 1 aromatic carbocycles. The SMILES string of the molecule is Cc1cccc(N(C)CC2COCCN2)c1C. The topological polar surface area (TPSA) is 24.5 Å². The van der Waals surface area contributed by atoms with Crippen LogP contribution in [-0.4, -0.2) is 39.4 Å². The van der Waals surface area contributed by atoms with E-state index < -0.39 is 0 Å². The lowest BCUT2D eigenvalue weighted by atomic mass is 10.1. The molecule has 0 aromatic heterocycles. The van der Waals surface area contributed by atoms with Crippen LogP contribution in [0.15, 0.2) is 18.2 Å². The largest absolute Gasteiger partial charge is 0.378 e. The van der Waals surface area contributed by atoms with Gasteiger partial charge in [0.1, 0.15) is 0 Å². The minimum absolute atomic E-state index is 0.439. The van der Waals surface area contributed by atoms with Crippen LogP contribution in [0.5, 0.6) is 0 Å². The quantitative estimate of drug-likeness (QED) is 0.862. The van der Waals surface area contributed by atoms with Crippen LogP contribution in [0.3, 0.4) is 0 Å². The van der Waals surface area contributed by atoms with Gasteiger partial charge in [-0.25, -0.2) is 0 Å². The lowest BCUT2D eigenvalue weighted by Crippen LogP contribution is -2.47. The molecule has 0 bridgehead atoms. The number of anilines is 1. The lowest BCUT2D eigenvalue weighted by molar-refractivity contribution is 0.0791. The second-order valence-corrected chi connectivity index (χ2v) is 4.83. The van der Waals surface area contributed by atoms with Crippen LogP contribution in [0.2, 0.25) is 0 Å². The Morgan fingerprint density at radius 1 is 1.41 bits per heavy atom. The van der Waals surface area contributed by atoms with Crippen LogP contribution >= 0.6 is 0 Å². The molecule has 0 radical (unpaired) electrons. The zero-order valence-corrected chi connectivity index (χ0v) is 11.0. The molecule has 1 aliphatic rings. The van der Waals surface area contributed by atoms with Crippen molar-refractivity contribution in [3.05, 3.63) is 29.3 Å². The summed E-state index contributed by atoms with van der Waals surface area (Å²) < 4.78 is 5.48. The van der Waals surface area contributed by atoms with Crippen molar-refractivity contribution in [3.8, 4) is 0 Å². The highest BCUT2D eigenvalue weighted by atomic mass is 16.5. The standard InChI is InChI=1S/C14H22N2O/c1-11-5-4-6-14(12(11)2)16(3)9-13-10-17-8-7-15-13/h4-6,13,15H,7-10H2,1-3H3. The van der Waals surface area contributed by atoms with Crippen molar-refractivity contribution >= 4 is 5.69 Å². The third-order valence-electron chi connectivity index (χ3n) is 3.48. The molecular formula is C14H22N2O. The van der Waals surface area contributed by atoms with Crippen LogP contribution in [0.1, 0.15) is 11.1 Å². The summed E-state index contributed by atoms with van der Waals surface area (Å²) in [5, 5.41) is 3.49. The molecule has 1 unspecified atom stereocenters. The molecule has 0 amide bonds. The maximum atomic E-state index is 5.48. The Morgan fingerprint density at radius 3 is 2.94 bits per heavy atom. The van der Waals surface area contributed by atoms with E-state index in [0.717, 1.165) is 26.3 Å². The Balaban J connectivity index is 2.03. The number of aryl methyl sites for hydroxylation is 1. The molecule has 0 aliphatic carbocycles. The van der Waals surface area contributed by atoms with Crippen LogP contribution in [0.4, 0.5) is 5.69 Å². The van der Waals surface area contributed by atoms with E-state index in [1.165, 1.54) is 16.8 Å². The van der Waals surface area contributed by atoms with Gasteiger partial charge in [0.15, 0.2) is 0 Å². The molecule has 1 aromatic rings. The number of rotatable bonds is 3. The number of hydrogen-bond donors (Lipinski definition) is 1. The van der Waals surface area contributed by atoms with Crippen molar-refractivity contribution in [2.45, 2.75) is 19.9 Å². The second-order valence-electron chi connectivity index (χ2n) is 4.83. The normalized spacial score (nSPS) is 20.3. The molecule has 3 nitrogen and oxygen atoms in total. The van der Waals surface area contributed by atoms with E-state index in [4.69, 9.17) is 4.74 Å². The van der Waals surface area contributed by atoms with Crippen molar-refractivity contribution in [3.63, 3.8) is 0 Å². The molecule has 0 spiro atoms. The van der Waals surface area contributed by atoms with Gasteiger partial charge in [-0.05, 0) is 31.0 Å². The molecule has 1 aliphatic heterocycles. The summed E-state index contributed by atoms with van der Waals surface area (Å²) in [7, 11) is 2.15. The minimum atomic E-state index is 0.439. The zero-order chi connectivity index (χ0) is 12.3. The summed E-state index contributed by atoms with van der Waals surface area (Å²) in [6.45, 7) is 7.95. The Labute approximate surface area is 104 Å². The summed E-state index contributed by atoms with van der Waals surface area (Å²) in [5.74, 6) is 0. The average molecular weight is 234 g/mol. The zero-order valence-electron chi connectivity index (χ0n) is 11.0. The first-order valence-electron chi connectivity index (χ1n) is 6.27. The van der Waals surface area contributed by atoms with Gasteiger partial charge in [0.2, 0.25) is 0 Å². The summed E-state index contributed by atoms with van der Waals surface area (Å²) >= 11 is 0. The number of benzene rings is 1. The van der Waals surface area contributed by atoms with E-state index in [0.29, 0.717) is 6.04 Å². The van der Waals surface area contributed by atoms with Gasteiger partial charge >= 0.3 is 0 Å². The van der Waals surface area contributed by atoms with Crippen LogP contribution < -0.4 is 10.2 Å². The Bertz CT molecular complexity index is 372. The summed E-state index contributed by atoms with van der Waals surface area (Å²) in [6, 6.07) is 6.91. The van der Waals surface area contributed by atoms with Crippen LogP contribution in [-0.2, 0) is 4.74 Å². The van der Waals surface area contributed by atoms with Crippen molar-refractivity contribution < 1.29 is 4.74 Å². The predicted molar refractivity (Wildman–Crippen MR) is 71.8 cm³/mol. The van der Waals surface area contributed by atoms with Crippen molar-refractivity contribution in [2.75, 3.05) is 38.3 Å². The van der Waals surface area contributed by atoms with E-state index in [9.17, 15) is 0 Å². The number of hydrogen-bond acceptors (Lipinski definition) is 3. The summed E-state index contributed by atoms with van der Waals surface area (Å²) in [6.07, 6.45) is 0. The Kier molecular flexibility index (Phi) is 4.02. The number of ether oxygens (including phenoxy) is 1. The fourth-order valence-electron chi connectivity index (χ4n) is 2.32. The van der Waals surface area contributed by atoms with E-state index >= 15 is 0 Å². The smallest absolute Gasteiger partial charge is 0.0637 e. The average Bonchev–Trinajstić information content (AvgIpc) is 2.34. The van der Waals surface area contributed by atoms with Crippen molar-refractivity contribution in [1.82, 2.24) is 5.32 Å². The van der Waals surface area contributed by atoms with Gasteiger partial charge in [0.05, 0.1) is 13.2 Å². The second kappa shape index (κ2) is 5.52. The molecule has 0 saturated carbocycles. The highest BCUT2D eigenvalue weighted by molar-refractivity contribution is 5.55. The molecule has 1 fully saturated rings. The van der Waals surface area contributed by atoms with E-state index in [1.807, 2.05) is 0 Å². The highest BCUT2D eigenvalue weighted by Gasteiger charge is 2.16. The maximum absolute atomic E-state index is 5.48. The predicted octanol–water partition coefficient (Wildman–Crippen LogP) is 1.73. The molecule has 1 N–H and O–H groups in total. The van der Waals surface area contributed by atoms with Gasteiger partial charge in [-0.15, -0.1) is 0 Å². The van der Waals surface area contributed by atoms with Gasteiger partial charge < -0.3 is 15.0 Å². The fourth-order valence-corrected chi connectivity index (χ4v) is 2.32. The number of nitrogens with one attached hydrogen (secondary N) is 1. The van der Waals surface area contributed by atoms with E-state index in [2.05, 4.69) is 49.3 Å². The first-order chi connectivity index (χ1) is 8.18. The summed E-state index contributed by atoms with van der Waals surface area (Å²) in [5.41, 5.74) is 4.03. The highest BCUT2D eigenvalue weighted by Crippen LogP contribution is 2.21. The number of nitrogens with zero attached hydrogens (tertiary/aromatic N) is 1. The van der Waals surface area contributed by atoms with Crippen LogP contribution in [0, 0.1) is 13.8 Å². The molecule has 1 atom stereocenters. The van der Waals surface area contributed by atoms with Gasteiger partial charge in [-0.2, -0.15) is 0 Å². The molecule has 1 heterocycles. The minimum Gasteiger partial charge on any atom is -0.378 e. The maximum Gasteiger partial charge on any atom is 0.0637 e. The summed E-state index contributed by atoms with van der Waals surface area (Å²) in [4.78, 5) is 2.31.